The van der Waals surface area contributed by atoms with Crippen LogP contribution in [0.25, 0.3) is 0 Å². The van der Waals surface area contributed by atoms with Crippen molar-refractivity contribution in [2.45, 2.75) is 38.3 Å². The summed E-state index contributed by atoms with van der Waals surface area (Å²) in [6.07, 6.45) is 2.83. The summed E-state index contributed by atoms with van der Waals surface area (Å²) >= 11 is 1.38. The molecule has 0 aliphatic carbocycles. The van der Waals surface area contributed by atoms with Crippen LogP contribution in [0.1, 0.15) is 24.1 Å². The van der Waals surface area contributed by atoms with E-state index in [-0.39, 0.29) is 18.3 Å². The molecular weight excluding hydrogens is 415 g/mol. The van der Waals surface area contributed by atoms with Gasteiger partial charge in [0.25, 0.3) is 0 Å². The first-order valence-corrected chi connectivity index (χ1v) is 11.4. The molecule has 4 rings (SSSR count). The first-order chi connectivity index (χ1) is 14.9. The van der Waals surface area contributed by atoms with E-state index in [1.54, 1.807) is 0 Å². The molecule has 2 fully saturated rings. The molecule has 0 aromatic carbocycles. The molecule has 0 amide bonds. The Kier molecular flexibility index (Phi) is 6.36. The number of hydrogen-bond donors (Lipinski definition) is 1. The van der Waals surface area contributed by atoms with E-state index in [4.69, 9.17) is 4.98 Å². The van der Waals surface area contributed by atoms with E-state index >= 15 is 0 Å². The third kappa shape index (κ3) is 4.49. The summed E-state index contributed by atoms with van der Waals surface area (Å²) in [5.41, 5.74) is 1.76. The van der Waals surface area contributed by atoms with Crippen molar-refractivity contribution in [3.63, 3.8) is 0 Å². The quantitative estimate of drug-likeness (QED) is 0.698. The lowest BCUT2D eigenvalue weighted by molar-refractivity contribution is -0.00825. The lowest BCUT2D eigenvalue weighted by atomic mass is 9.83. The van der Waals surface area contributed by atoms with Crippen molar-refractivity contribution < 1.29 is 4.39 Å². The van der Waals surface area contributed by atoms with Gasteiger partial charge in [-0.15, -0.1) is 0 Å². The van der Waals surface area contributed by atoms with Gasteiger partial charge >= 0.3 is 0 Å². The second-order valence-corrected chi connectivity index (χ2v) is 9.44. The van der Waals surface area contributed by atoms with Crippen molar-refractivity contribution in [2.75, 3.05) is 56.7 Å². The number of likely N-dealkylation sites (N-methyl/N-ethyl adjacent to an activating group) is 1. The number of piperazine rings is 1. The Morgan fingerprint density at radius 2 is 2.16 bits per heavy atom. The van der Waals surface area contributed by atoms with Gasteiger partial charge in [0.15, 0.2) is 0 Å². The molecule has 0 spiro atoms. The van der Waals surface area contributed by atoms with Crippen molar-refractivity contribution >= 4 is 28.3 Å². The van der Waals surface area contributed by atoms with E-state index in [1.165, 1.54) is 11.5 Å². The normalized spacial score (nSPS) is 21.5. The Hall–Kier alpha value is -2.35. The number of halogens is 1. The Morgan fingerprint density at radius 1 is 1.35 bits per heavy atom. The van der Waals surface area contributed by atoms with E-state index in [1.807, 2.05) is 26.1 Å². The van der Waals surface area contributed by atoms with Crippen LogP contribution < -0.4 is 10.2 Å². The molecule has 10 heteroatoms. The van der Waals surface area contributed by atoms with Gasteiger partial charge < -0.3 is 15.1 Å². The van der Waals surface area contributed by atoms with Gasteiger partial charge in [0.05, 0.1) is 30.4 Å². The molecule has 0 saturated carbocycles. The first-order valence-electron chi connectivity index (χ1n) is 10.6. The average molecular weight is 445 g/mol. The van der Waals surface area contributed by atoms with Gasteiger partial charge in [-0.3, -0.25) is 9.29 Å². The smallest absolute Gasteiger partial charge is 0.229 e. The zero-order valence-corrected chi connectivity index (χ0v) is 19.1. The van der Waals surface area contributed by atoms with Crippen LogP contribution in [0, 0.1) is 25.2 Å². The minimum atomic E-state index is -0.310. The molecule has 2 aliphatic rings. The maximum atomic E-state index is 13.0. The number of aromatic nitrogens is 3. The lowest BCUT2D eigenvalue weighted by Gasteiger charge is -2.58. The number of anilines is 3. The molecule has 166 valence electrons. The van der Waals surface area contributed by atoms with E-state index in [0.717, 1.165) is 54.8 Å². The van der Waals surface area contributed by atoms with Crippen LogP contribution in [-0.4, -0.2) is 82.2 Å². The van der Waals surface area contributed by atoms with Gasteiger partial charge in [0.2, 0.25) is 5.95 Å². The van der Waals surface area contributed by atoms with Gasteiger partial charge in [-0.05, 0) is 44.9 Å². The zero-order valence-electron chi connectivity index (χ0n) is 18.3. The van der Waals surface area contributed by atoms with Crippen molar-refractivity contribution in [3.8, 4) is 6.07 Å². The maximum absolute atomic E-state index is 13.0. The van der Waals surface area contributed by atoms with E-state index in [9.17, 15) is 9.65 Å². The second-order valence-electron chi connectivity index (χ2n) is 8.63. The van der Waals surface area contributed by atoms with E-state index in [0.29, 0.717) is 18.8 Å². The van der Waals surface area contributed by atoms with Crippen LogP contribution in [0.5, 0.6) is 0 Å². The highest BCUT2D eigenvalue weighted by molar-refractivity contribution is 7.10. The molecule has 2 aliphatic heterocycles. The van der Waals surface area contributed by atoms with Crippen molar-refractivity contribution in [1.82, 2.24) is 24.1 Å². The van der Waals surface area contributed by atoms with Crippen LogP contribution in [0.4, 0.5) is 21.2 Å². The van der Waals surface area contributed by atoms with Gasteiger partial charge in [0, 0.05) is 50.5 Å². The number of nitrogens with one attached hydrogen (secondary N) is 1. The summed E-state index contributed by atoms with van der Waals surface area (Å²) in [6, 6.07) is 4.56. The number of rotatable bonds is 7. The van der Waals surface area contributed by atoms with Crippen LogP contribution >= 0.6 is 11.5 Å². The largest absolute Gasteiger partial charge is 0.352 e. The number of alkyl halides is 1. The van der Waals surface area contributed by atoms with E-state index < -0.39 is 0 Å². The molecule has 1 N–H and O–H groups in total. The number of hydrogen-bond acceptors (Lipinski definition) is 9. The van der Waals surface area contributed by atoms with Crippen LogP contribution in [0.2, 0.25) is 0 Å². The molecule has 31 heavy (non-hydrogen) atoms. The second kappa shape index (κ2) is 9.02. The minimum absolute atomic E-state index is 0.197. The van der Waals surface area contributed by atoms with Crippen LogP contribution in [-0.2, 0) is 0 Å². The topological polar surface area (TPSA) is 84.2 Å². The molecule has 2 aromatic rings. The van der Waals surface area contributed by atoms with E-state index in [2.05, 4.69) is 42.5 Å². The van der Waals surface area contributed by atoms with Crippen molar-refractivity contribution in [1.29, 1.82) is 5.26 Å². The summed E-state index contributed by atoms with van der Waals surface area (Å²) in [5, 5.41) is 13.7. The molecule has 0 radical (unpaired) electrons. The highest BCUT2D eigenvalue weighted by Gasteiger charge is 2.49. The summed E-state index contributed by atoms with van der Waals surface area (Å²) < 4.78 is 17.3. The third-order valence-electron chi connectivity index (χ3n) is 6.38. The van der Waals surface area contributed by atoms with Crippen molar-refractivity contribution in [3.05, 3.63) is 23.5 Å². The first kappa shape index (κ1) is 21.9. The molecule has 0 bridgehead atoms. The predicted molar refractivity (Wildman–Crippen MR) is 121 cm³/mol. The molecule has 2 saturated heterocycles. The highest BCUT2D eigenvalue weighted by Crippen LogP contribution is 2.37. The number of nitriles is 1. The minimum Gasteiger partial charge on any atom is -0.352 e. The highest BCUT2D eigenvalue weighted by atomic mass is 32.1. The Balaban J connectivity index is 1.49. The van der Waals surface area contributed by atoms with Crippen LogP contribution in [0.15, 0.2) is 12.3 Å². The SMILES string of the molecule is Cc1cc(Nc2ncc(C)c(N3CC(CC#N)(N4CCN(C)C(CCF)C4)C3)n2)sn1. The predicted octanol–water partition coefficient (Wildman–Crippen LogP) is 2.74. The van der Waals surface area contributed by atoms with Gasteiger partial charge in [-0.1, -0.05) is 0 Å². The monoisotopic (exact) mass is 444 g/mol. The fourth-order valence-electron chi connectivity index (χ4n) is 4.55. The third-order valence-corrected chi connectivity index (χ3v) is 7.17. The van der Waals surface area contributed by atoms with Gasteiger partial charge in [0.1, 0.15) is 10.8 Å². The van der Waals surface area contributed by atoms with Crippen LogP contribution in [0.3, 0.4) is 0 Å². The Morgan fingerprint density at radius 3 is 2.84 bits per heavy atom. The molecule has 1 atom stereocenters. The number of aryl methyl sites for hydroxylation is 2. The molecule has 4 heterocycles. The molecule has 8 nitrogen and oxygen atoms in total. The lowest BCUT2D eigenvalue weighted by Crippen LogP contribution is -2.73. The molecule has 1 unspecified atom stereocenters. The summed E-state index contributed by atoms with van der Waals surface area (Å²) in [5.74, 6) is 1.44. The Labute approximate surface area is 186 Å². The van der Waals surface area contributed by atoms with Gasteiger partial charge in [-0.2, -0.15) is 14.6 Å². The fourth-order valence-corrected chi connectivity index (χ4v) is 5.20. The summed E-state index contributed by atoms with van der Waals surface area (Å²) in [7, 11) is 2.06. The fraction of sp³-hybridized carbons (Fsp3) is 0.619. The maximum Gasteiger partial charge on any atom is 0.229 e. The van der Waals surface area contributed by atoms with Crippen molar-refractivity contribution in [2.24, 2.45) is 0 Å². The summed E-state index contributed by atoms with van der Waals surface area (Å²) in [4.78, 5) is 16.0. The molecule has 2 aromatic heterocycles. The summed E-state index contributed by atoms with van der Waals surface area (Å²) in [6.45, 7) is 7.72. The molecular formula is C21H29FN8S. The number of nitrogens with zero attached hydrogens (tertiary/aromatic N) is 7. The zero-order chi connectivity index (χ0) is 22.0. The Bertz CT molecular complexity index is 951. The average Bonchev–Trinajstić information content (AvgIpc) is 3.13. The van der Waals surface area contributed by atoms with Gasteiger partial charge in [-0.25, -0.2) is 4.98 Å². The standard InChI is InChI=1S/C21H29FN8S/c1-15-11-24-20(25-18-10-16(2)27-31-18)26-19(15)29-13-21(14-29,5-7-23)30-9-8-28(3)17(12-30)4-6-22/h10-11,17H,4-6,8-9,12-14H2,1-3H3,(H,24,25,26).